The number of halogens is 1. The summed E-state index contributed by atoms with van der Waals surface area (Å²) in [7, 11) is 1.52. The van der Waals surface area contributed by atoms with Crippen molar-refractivity contribution in [3.8, 4) is 5.75 Å². The third kappa shape index (κ3) is 4.23. The summed E-state index contributed by atoms with van der Waals surface area (Å²) in [5, 5.41) is 2.82. The summed E-state index contributed by atoms with van der Waals surface area (Å²) in [5.74, 6) is 0.181. The predicted molar refractivity (Wildman–Crippen MR) is 102 cm³/mol. The number of methoxy groups -OCH3 is 1. The Labute approximate surface area is 160 Å². The molecule has 0 radical (unpaired) electrons. The van der Waals surface area contributed by atoms with Gasteiger partial charge in [-0.2, -0.15) is 0 Å². The van der Waals surface area contributed by atoms with E-state index in [0.717, 1.165) is 4.47 Å². The first-order valence-corrected chi connectivity index (χ1v) is 9.00. The number of amides is 2. The normalized spacial score (nSPS) is 14.0. The number of nitrogens with zero attached hydrogens (tertiary/aromatic N) is 1. The Morgan fingerprint density at radius 1 is 1.12 bits per heavy atom. The van der Waals surface area contributed by atoms with Crippen LogP contribution in [0.15, 0.2) is 46.9 Å². The number of ether oxygens (including phenoxy) is 2. The number of rotatable bonds is 4. The minimum atomic E-state index is -0.282. The smallest absolute Gasteiger partial charge is 0.259 e. The molecule has 0 spiro atoms. The van der Waals surface area contributed by atoms with Gasteiger partial charge in [-0.15, -0.1) is 0 Å². The number of carbonyl (C=O) groups is 2. The summed E-state index contributed by atoms with van der Waals surface area (Å²) < 4.78 is 11.3. The highest BCUT2D eigenvalue weighted by Gasteiger charge is 2.18. The van der Waals surface area contributed by atoms with Crippen LogP contribution in [0.3, 0.4) is 0 Å². The molecule has 136 valence electrons. The maximum Gasteiger partial charge on any atom is 0.259 e. The van der Waals surface area contributed by atoms with Gasteiger partial charge in [0.05, 0.1) is 25.9 Å². The third-order valence-corrected chi connectivity index (χ3v) is 4.59. The maximum atomic E-state index is 12.5. The van der Waals surface area contributed by atoms with E-state index >= 15 is 0 Å². The summed E-state index contributed by atoms with van der Waals surface area (Å²) >= 11 is 3.36. The predicted octanol–water partition coefficient (Wildman–Crippen LogP) is 3.18. The fourth-order valence-corrected chi connectivity index (χ4v) is 3.06. The molecule has 2 aromatic rings. The first-order chi connectivity index (χ1) is 12.6. The topological polar surface area (TPSA) is 67.9 Å². The molecule has 26 heavy (non-hydrogen) atoms. The molecule has 0 atom stereocenters. The Balaban J connectivity index is 1.70. The van der Waals surface area contributed by atoms with E-state index in [4.69, 9.17) is 9.47 Å². The third-order valence-electron chi connectivity index (χ3n) is 4.09. The van der Waals surface area contributed by atoms with Gasteiger partial charge in [0.15, 0.2) is 0 Å². The van der Waals surface area contributed by atoms with E-state index in [0.29, 0.717) is 48.9 Å². The highest BCUT2D eigenvalue weighted by atomic mass is 79.9. The SMILES string of the molecule is COc1ccc(Br)cc1C(=O)Nc1ccc(C(=O)N2CCOCC2)cc1. The fourth-order valence-electron chi connectivity index (χ4n) is 2.70. The molecule has 7 heteroatoms. The molecular formula is C19H19BrN2O4. The van der Waals surface area contributed by atoms with Gasteiger partial charge in [-0.05, 0) is 42.5 Å². The van der Waals surface area contributed by atoms with Crippen molar-refractivity contribution in [2.24, 2.45) is 0 Å². The molecule has 0 bridgehead atoms. The van der Waals surface area contributed by atoms with Crippen molar-refractivity contribution in [3.63, 3.8) is 0 Å². The van der Waals surface area contributed by atoms with E-state index < -0.39 is 0 Å². The zero-order valence-electron chi connectivity index (χ0n) is 14.3. The standard InChI is InChI=1S/C19H19BrN2O4/c1-25-17-7-4-14(20)12-16(17)18(23)21-15-5-2-13(3-6-15)19(24)22-8-10-26-11-9-22/h2-7,12H,8-11H2,1H3,(H,21,23). The number of morpholine rings is 1. The molecule has 6 nitrogen and oxygen atoms in total. The molecule has 0 unspecified atom stereocenters. The van der Waals surface area contributed by atoms with Crippen LogP contribution in [0.2, 0.25) is 0 Å². The second-order valence-corrected chi connectivity index (χ2v) is 6.70. The summed E-state index contributed by atoms with van der Waals surface area (Å²) in [6.45, 7) is 2.32. The zero-order valence-corrected chi connectivity index (χ0v) is 15.9. The molecule has 1 aliphatic heterocycles. The van der Waals surface area contributed by atoms with Crippen LogP contribution in [0.1, 0.15) is 20.7 Å². The molecule has 1 fully saturated rings. The van der Waals surface area contributed by atoms with Crippen molar-refractivity contribution in [1.29, 1.82) is 0 Å². The number of hydrogen-bond acceptors (Lipinski definition) is 4. The van der Waals surface area contributed by atoms with Gasteiger partial charge in [-0.3, -0.25) is 9.59 Å². The van der Waals surface area contributed by atoms with Crippen LogP contribution in [0.5, 0.6) is 5.75 Å². The average Bonchev–Trinajstić information content (AvgIpc) is 2.68. The van der Waals surface area contributed by atoms with Gasteiger partial charge in [0.1, 0.15) is 5.75 Å². The minimum Gasteiger partial charge on any atom is -0.496 e. The summed E-state index contributed by atoms with van der Waals surface area (Å²) in [4.78, 5) is 26.7. The van der Waals surface area contributed by atoms with E-state index in [1.807, 2.05) is 6.07 Å². The first kappa shape index (κ1) is 18.4. The Hall–Kier alpha value is -2.38. The molecule has 1 N–H and O–H groups in total. The van der Waals surface area contributed by atoms with Crippen molar-refractivity contribution < 1.29 is 19.1 Å². The number of anilines is 1. The quantitative estimate of drug-likeness (QED) is 0.827. The van der Waals surface area contributed by atoms with Crippen molar-refractivity contribution in [2.45, 2.75) is 0 Å². The molecule has 3 rings (SSSR count). The highest BCUT2D eigenvalue weighted by molar-refractivity contribution is 9.10. The Morgan fingerprint density at radius 3 is 2.46 bits per heavy atom. The lowest BCUT2D eigenvalue weighted by Gasteiger charge is -2.26. The summed E-state index contributed by atoms with van der Waals surface area (Å²) in [5.41, 5.74) is 1.62. The van der Waals surface area contributed by atoms with Gasteiger partial charge in [0.2, 0.25) is 0 Å². The molecule has 1 heterocycles. The van der Waals surface area contributed by atoms with Gasteiger partial charge in [0, 0.05) is 28.8 Å². The minimum absolute atomic E-state index is 0.0279. The Kier molecular flexibility index (Phi) is 5.90. The lowest BCUT2D eigenvalue weighted by atomic mass is 10.1. The number of nitrogens with one attached hydrogen (secondary N) is 1. The van der Waals surface area contributed by atoms with Crippen molar-refractivity contribution in [2.75, 3.05) is 38.7 Å². The highest BCUT2D eigenvalue weighted by Crippen LogP contribution is 2.24. The molecule has 2 amide bonds. The van der Waals surface area contributed by atoms with E-state index in [9.17, 15) is 9.59 Å². The van der Waals surface area contributed by atoms with Crippen LogP contribution < -0.4 is 10.1 Å². The lowest BCUT2D eigenvalue weighted by molar-refractivity contribution is 0.0303. The van der Waals surface area contributed by atoms with Gasteiger partial charge in [-0.25, -0.2) is 0 Å². The second kappa shape index (κ2) is 8.33. The van der Waals surface area contributed by atoms with E-state index in [1.54, 1.807) is 41.3 Å². The van der Waals surface area contributed by atoms with Crippen LogP contribution >= 0.6 is 15.9 Å². The largest absolute Gasteiger partial charge is 0.496 e. The summed E-state index contributed by atoms with van der Waals surface area (Å²) in [6.07, 6.45) is 0. The molecule has 0 aromatic heterocycles. The molecule has 2 aromatic carbocycles. The molecule has 0 aliphatic carbocycles. The molecular weight excluding hydrogens is 400 g/mol. The van der Waals surface area contributed by atoms with Crippen molar-refractivity contribution in [1.82, 2.24) is 4.90 Å². The lowest BCUT2D eigenvalue weighted by Crippen LogP contribution is -2.40. The maximum absolute atomic E-state index is 12.5. The van der Waals surface area contributed by atoms with E-state index in [1.165, 1.54) is 7.11 Å². The Bertz CT molecular complexity index is 802. The molecule has 1 saturated heterocycles. The van der Waals surface area contributed by atoms with Crippen molar-refractivity contribution >= 4 is 33.4 Å². The van der Waals surface area contributed by atoms with Gasteiger partial charge in [-0.1, -0.05) is 15.9 Å². The summed E-state index contributed by atoms with van der Waals surface area (Å²) in [6, 6.07) is 12.1. The zero-order chi connectivity index (χ0) is 18.5. The molecule has 0 saturated carbocycles. The number of hydrogen-bond donors (Lipinski definition) is 1. The average molecular weight is 419 g/mol. The monoisotopic (exact) mass is 418 g/mol. The second-order valence-electron chi connectivity index (χ2n) is 5.78. The van der Waals surface area contributed by atoms with E-state index in [-0.39, 0.29) is 11.8 Å². The Morgan fingerprint density at radius 2 is 1.81 bits per heavy atom. The van der Waals surface area contributed by atoms with Crippen molar-refractivity contribution in [3.05, 3.63) is 58.1 Å². The van der Waals surface area contributed by atoms with Crippen LogP contribution in [0.25, 0.3) is 0 Å². The van der Waals surface area contributed by atoms with Crippen LogP contribution in [-0.4, -0.2) is 50.1 Å². The van der Waals surface area contributed by atoms with E-state index in [2.05, 4.69) is 21.2 Å². The van der Waals surface area contributed by atoms with Crippen LogP contribution in [0.4, 0.5) is 5.69 Å². The van der Waals surface area contributed by atoms with Crippen LogP contribution in [-0.2, 0) is 4.74 Å². The van der Waals surface area contributed by atoms with Crippen LogP contribution in [0, 0.1) is 0 Å². The van der Waals surface area contributed by atoms with Gasteiger partial charge < -0.3 is 19.7 Å². The molecule has 1 aliphatic rings. The number of benzene rings is 2. The fraction of sp³-hybridized carbons (Fsp3) is 0.263. The van der Waals surface area contributed by atoms with Gasteiger partial charge >= 0.3 is 0 Å². The number of carbonyl (C=O) groups excluding carboxylic acids is 2. The van der Waals surface area contributed by atoms with Gasteiger partial charge in [0.25, 0.3) is 11.8 Å². The first-order valence-electron chi connectivity index (χ1n) is 8.20.